The fourth-order valence-electron chi connectivity index (χ4n) is 2.85. The minimum atomic E-state index is -0.212. The molecule has 3 rings (SSSR count). The first-order chi connectivity index (χ1) is 13.1. The van der Waals surface area contributed by atoms with Gasteiger partial charge >= 0.3 is 0 Å². The Kier molecular flexibility index (Phi) is 6.98. The van der Waals surface area contributed by atoms with Crippen molar-refractivity contribution in [2.75, 3.05) is 32.8 Å². The SMILES string of the molecule is Cc1ccc(C(=O)NCC(=O)NCc2ccc(CN3CCOCC3)cc2)s1. The minimum Gasteiger partial charge on any atom is -0.379 e. The lowest BCUT2D eigenvalue weighted by Gasteiger charge is -2.26. The van der Waals surface area contributed by atoms with E-state index in [2.05, 4.69) is 27.7 Å². The van der Waals surface area contributed by atoms with Crippen molar-refractivity contribution in [1.29, 1.82) is 0 Å². The molecule has 144 valence electrons. The lowest BCUT2D eigenvalue weighted by molar-refractivity contribution is -0.120. The van der Waals surface area contributed by atoms with E-state index in [0.717, 1.165) is 43.3 Å². The zero-order valence-electron chi connectivity index (χ0n) is 15.5. The molecule has 0 saturated carbocycles. The van der Waals surface area contributed by atoms with Crippen LogP contribution in [-0.2, 0) is 22.6 Å². The number of amides is 2. The summed E-state index contributed by atoms with van der Waals surface area (Å²) >= 11 is 1.42. The molecule has 1 aliphatic heterocycles. The van der Waals surface area contributed by atoms with E-state index in [1.807, 2.05) is 25.1 Å². The zero-order valence-corrected chi connectivity index (χ0v) is 16.3. The number of carbonyl (C=O) groups is 2. The monoisotopic (exact) mass is 387 g/mol. The van der Waals surface area contributed by atoms with Gasteiger partial charge in [0.1, 0.15) is 0 Å². The number of nitrogens with one attached hydrogen (secondary N) is 2. The van der Waals surface area contributed by atoms with Gasteiger partial charge in [-0.05, 0) is 30.2 Å². The number of rotatable bonds is 7. The number of hydrogen-bond acceptors (Lipinski definition) is 5. The van der Waals surface area contributed by atoms with Gasteiger partial charge in [-0.15, -0.1) is 11.3 Å². The molecule has 1 aliphatic rings. The van der Waals surface area contributed by atoms with Crippen LogP contribution in [0, 0.1) is 6.92 Å². The summed E-state index contributed by atoms with van der Waals surface area (Å²) in [5, 5.41) is 5.48. The van der Waals surface area contributed by atoms with Gasteiger partial charge in [-0.2, -0.15) is 0 Å². The Balaban J connectivity index is 1.38. The summed E-state index contributed by atoms with van der Waals surface area (Å²) in [5.74, 6) is -0.412. The molecule has 0 aliphatic carbocycles. The minimum absolute atomic E-state index is 0.0229. The van der Waals surface area contributed by atoms with Gasteiger partial charge in [0.05, 0.1) is 24.6 Å². The largest absolute Gasteiger partial charge is 0.379 e. The average Bonchev–Trinajstić information content (AvgIpc) is 3.13. The molecule has 1 aromatic carbocycles. The Morgan fingerprint density at radius 3 is 2.41 bits per heavy atom. The molecule has 1 fully saturated rings. The predicted molar refractivity (Wildman–Crippen MR) is 106 cm³/mol. The molecule has 2 heterocycles. The highest BCUT2D eigenvalue weighted by molar-refractivity contribution is 7.13. The second-order valence-electron chi connectivity index (χ2n) is 6.57. The van der Waals surface area contributed by atoms with Gasteiger partial charge < -0.3 is 15.4 Å². The molecule has 2 N–H and O–H groups in total. The molecule has 1 aromatic heterocycles. The van der Waals surface area contributed by atoms with E-state index in [9.17, 15) is 9.59 Å². The van der Waals surface area contributed by atoms with E-state index < -0.39 is 0 Å². The van der Waals surface area contributed by atoms with Crippen molar-refractivity contribution in [1.82, 2.24) is 15.5 Å². The van der Waals surface area contributed by atoms with E-state index in [0.29, 0.717) is 11.4 Å². The maximum atomic E-state index is 11.9. The van der Waals surface area contributed by atoms with Crippen molar-refractivity contribution < 1.29 is 14.3 Å². The Bertz CT molecular complexity index is 767. The third kappa shape index (κ3) is 6.16. The van der Waals surface area contributed by atoms with Gasteiger partial charge in [-0.25, -0.2) is 0 Å². The maximum Gasteiger partial charge on any atom is 0.261 e. The molecule has 0 spiro atoms. The van der Waals surface area contributed by atoms with Crippen molar-refractivity contribution in [2.45, 2.75) is 20.0 Å². The molecular weight excluding hydrogens is 362 g/mol. The first kappa shape index (κ1) is 19.5. The van der Waals surface area contributed by atoms with Gasteiger partial charge in [0.25, 0.3) is 5.91 Å². The first-order valence-electron chi connectivity index (χ1n) is 9.09. The highest BCUT2D eigenvalue weighted by Crippen LogP contribution is 2.14. The van der Waals surface area contributed by atoms with Crippen molar-refractivity contribution >= 4 is 23.2 Å². The Labute approximate surface area is 163 Å². The fourth-order valence-corrected chi connectivity index (χ4v) is 3.63. The van der Waals surface area contributed by atoms with Crippen molar-refractivity contribution in [3.63, 3.8) is 0 Å². The summed E-state index contributed by atoms with van der Waals surface area (Å²) < 4.78 is 5.36. The van der Waals surface area contributed by atoms with Crippen LogP contribution in [0.3, 0.4) is 0 Å². The second-order valence-corrected chi connectivity index (χ2v) is 7.86. The lowest BCUT2D eigenvalue weighted by atomic mass is 10.1. The van der Waals surface area contributed by atoms with Crippen LogP contribution in [0.5, 0.6) is 0 Å². The quantitative estimate of drug-likeness (QED) is 0.762. The van der Waals surface area contributed by atoms with Crippen LogP contribution in [0.4, 0.5) is 0 Å². The molecule has 0 radical (unpaired) electrons. The number of aryl methyl sites for hydroxylation is 1. The van der Waals surface area contributed by atoms with Crippen LogP contribution >= 0.6 is 11.3 Å². The normalized spacial score (nSPS) is 14.7. The molecule has 0 bridgehead atoms. The molecule has 2 aromatic rings. The molecule has 0 atom stereocenters. The molecule has 6 nitrogen and oxygen atoms in total. The van der Waals surface area contributed by atoms with E-state index in [4.69, 9.17) is 4.74 Å². The second kappa shape index (κ2) is 9.64. The average molecular weight is 388 g/mol. The Morgan fingerprint density at radius 2 is 1.74 bits per heavy atom. The summed E-state index contributed by atoms with van der Waals surface area (Å²) in [5.41, 5.74) is 2.29. The van der Waals surface area contributed by atoms with E-state index in [1.165, 1.54) is 16.9 Å². The topological polar surface area (TPSA) is 70.7 Å². The summed E-state index contributed by atoms with van der Waals surface area (Å²) in [6.45, 7) is 6.82. The molecule has 7 heteroatoms. The number of benzene rings is 1. The van der Waals surface area contributed by atoms with E-state index >= 15 is 0 Å². The standard InChI is InChI=1S/C20H25N3O3S/c1-15-2-7-18(27-15)20(25)22-13-19(24)21-12-16-3-5-17(6-4-16)14-23-8-10-26-11-9-23/h2-7H,8-14H2,1H3,(H,21,24)(H,22,25). The van der Waals surface area contributed by atoms with Gasteiger partial charge in [0.2, 0.25) is 5.91 Å². The number of carbonyl (C=O) groups excluding carboxylic acids is 2. The summed E-state index contributed by atoms with van der Waals surface area (Å²) in [6, 6.07) is 11.9. The van der Waals surface area contributed by atoms with Crippen LogP contribution < -0.4 is 10.6 Å². The molecule has 1 saturated heterocycles. The highest BCUT2D eigenvalue weighted by Gasteiger charge is 2.11. The number of nitrogens with zero attached hydrogens (tertiary/aromatic N) is 1. The molecule has 27 heavy (non-hydrogen) atoms. The third-order valence-corrected chi connectivity index (χ3v) is 5.40. The number of morpholine rings is 1. The lowest BCUT2D eigenvalue weighted by Crippen LogP contribution is -2.36. The zero-order chi connectivity index (χ0) is 19.1. The van der Waals surface area contributed by atoms with Gasteiger partial charge in [-0.1, -0.05) is 24.3 Å². The van der Waals surface area contributed by atoms with Crippen molar-refractivity contribution in [3.05, 3.63) is 57.3 Å². The van der Waals surface area contributed by atoms with Crippen LogP contribution in [0.15, 0.2) is 36.4 Å². The van der Waals surface area contributed by atoms with Crippen LogP contribution in [0.1, 0.15) is 25.7 Å². The van der Waals surface area contributed by atoms with Crippen molar-refractivity contribution in [3.8, 4) is 0 Å². The van der Waals surface area contributed by atoms with Gasteiger partial charge in [0.15, 0.2) is 0 Å². The fraction of sp³-hybridized carbons (Fsp3) is 0.400. The van der Waals surface area contributed by atoms with Crippen LogP contribution in [0.25, 0.3) is 0 Å². The van der Waals surface area contributed by atoms with E-state index in [1.54, 1.807) is 6.07 Å². The number of thiophene rings is 1. The molecular formula is C20H25N3O3S. The van der Waals surface area contributed by atoms with Crippen LogP contribution in [0.2, 0.25) is 0 Å². The third-order valence-electron chi connectivity index (χ3n) is 4.40. The first-order valence-corrected chi connectivity index (χ1v) is 9.91. The van der Waals surface area contributed by atoms with E-state index in [-0.39, 0.29) is 18.4 Å². The highest BCUT2D eigenvalue weighted by atomic mass is 32.1. The summed E-state index contributed by atoms with van der Waals surface area (Å²) in [7, 11) is 0. The summed E-state index contributed by atoms with van der Waals surface area (Å²) in [4.78, 5) is 28.0. The maximum absolute atomic E-state index is 11.9. The van der Waals surface area contributed by atoms with Crippen LogP contribution in [-0.4, -0.2) is 49.6 Å². The number of ether oxygens (including phenoxy) is 1. The molecule has 2 amide bonds. The molecule has 0 unspecified atom stereocenters. The Morgan fingerprint density at radius 1 is 1.04 bits per heavy atom. The predicted octanol–water partition coefficient (Wildman–Crippen LogP) is 1.93. The van der Waals surface area contributed by atoms with Gasteiger partial charge in [0, 0.05) is 31.1 Å². The van der Waals surface area contributed by atoms with Crippen molar-refractivity contribution in [2.24, 2.45) is 0 Å². The number of hydrogen-bond donors (Lipinski definition) is 2. The smallest absolute Gasteiger partial charge is 0.261 e. The van der Waals surface area contributed by atoms with Gasteiger partial charge in [-0.3, -0.25) is 14.5 Å². The Hall–Kier alpha value is -2.22. The summed E-state index contributed by atoms with van der Waals surface area (Å²) in [6.07, 6.45) is 0.